The minimum absolute atomic E-state index is 0.175. The number of carbonyl (C=O) groups excluding carboxylic acids is 3. The lowest BCUT2D eigenvalue weighted by Crippen LogP contribution is -2.41. The van der Waals surface area contributed by atoms with Crippen molar-refractivity contribution < 1.29 is 33.2 Å². The second kappa shape index (κ2) is 13.1. The number of alkyl carbamates (subject to hydrolysis) is 1. The summed E-state index contributed by atoms with van der Waals surface area (Å²) >= 11 is 0.959. The van der Waals surface area contributed by atoms with Gasteiger partial charge in [-0.05, 0) is 48.5 Å². The Morgan fingerprint density at radius 2 is 1.41 bits per heavy atom. The first kappa shape index (κ1) is 27.7. The predicted molar refractivity (Wildman–Crippen MR) is 113 cm³/mol. The maximum atomic E-state index is 13.3. The lowest BCUT2D eigenvalue weighted by Gasteiger charge is -2.25. The van der Waals surface area contributed by atoms with Gasteiger partial charge in [0.25, 0.3) is 6.65 Å². The fourth-order valence-corrected chi connectivity index (χ4v) is 6.25. The van der Waals surface area contributed by atoms with Crippen LogP contribution in [0.25, 0.3) is 0 Å². The quantitative estimate of drug-likeness (QED) is 0.174. The Morgan fingerprint density at radius 3 is 1.79 bits per heavy atom. The highest BCUT2D eigenvalue weighted by molar-refractivity contribution is 8.56. The monoisotopic (exact) mass is 455 g/mol. The molecule has 0 aliphatic rings. The average Bonchev–Trinajstić information content (AvgIpc) is 2.57. The van der Waals surface area contributed by atoms with Crippen molar-refractivity contribution in [3.05, 3.63) is 0 Å². The molecule has 0 aliphatic carbocycles. The summed E-state index contributed by atoms with van der Waals surface area (Å²) in [4.78, 5) is 35.5. The molecule has 0 aliphatic heterocycles. The molecule has 170 valence electrons. The first-order valence-electron chi connectivity index (χ1n) is 9.43. The van der Waals surface area contributed by atoms with Crippen LogP contribution < -0.4 is 15.5 Å². The van der Waals surface area contributed by atoms with Crippen LogP contribution in [0.4, 0.5) is 4.79 Å². The van der Waals surface area contributed by atoms with Gasteiger partial charge in [-0.25, -0.2) is 15.0 Å². The highest BCUT2D eigenvalue weighted by atomic mass is 32.7. The number of nitrogens with one attached hydrogen (secondary N) is 3. The summed E-state index contributed by atoms with van der Waals surface area (Å²) in [5.41, 5.74) is -0.625. The van der Waals surface area contributed by atoms with E-state index in [2.05, 4.69) is 15.5 Å². The van der Waals surface area contributed by atoms with Crippen molar-refractivity contribution in [3.63, 3.8) is 0 Å². The van der Waals surface area contributed by atoms with Gasteiger partial charge in [-0.15, -0.1) is 0 Å². The molecule has 1 amide bonds. The summed E-state index contributed by atoms with van der Waals surface area (Å²) in [6.07, 6.45) is -0.589. The van der Waals surface area contributed by atoms with Gasteiger partial charge in [0, 0.05) is 12.3 Å². The Morgan fingerprint density at radius 1 is 0.966 bits per heavy atom. The summed E-state index contributed by atoms with van der Waals surface area (Å²) in [7, 11) is 0. The van der Waals surface area contributed by atoms with Gasteiger partial charge in [0.2, 0.25) is 0 Å². The van der Waals surface area contributed by atoms with Crippen LogP contribution in [0.15, 0.2) is 0 Å². The van der Waals surface area contributed by atoms with Gasteiger partial charge in [-0.2, -0.15) is 0 Å². The molecule has 0 aromatic carbocycles. The number of ether oxygens (including phenoxy) is 3. The van der Waals surface area contributed by atoms with Crippen LogP contribution in [0.3, 0.4) is 0 Å². The standard InChI is InChI=1S/C17H34N3O7PS/c1-8-25-14(21)12(3)19-28(24,20-13(4)15(22)26-9-2)29-11-10-18-16(23)27-17(5,6)7/h12-13H,8-11H2,1-7H3,(H,18,23)(H2,19,20,24)/t12-,13+,28?. The van der Waals surface area contributed by atoms with E-state index in [4.69, 9.17) is 14.2 Å². The fourth-order valence-electron chi connectivity index (χ4n) is 1.90. The molecular formula is C17H34N3O7PS. The first-order valence-corrected chi connectivity index (χ1v) is 12.7. The van der Waals surface area contributed by atoms with Gasteiger partial charge in [0.05, 0.1) is 13.2 Å². The largest absolute Gasteiger partial charge is 0.465 e. The number of hydrogen-bond donors (Lipinski definition) is 3. The van der Waals surface area contributed by atoms with E-state index in [0.29, 0.717) is 0 Å². The topological polar surface area (TPSA) is 132 Å². The zero-order valence-electron chi connectivity index (χ0n) is 18.2. The molecular weight excluding hydrogens is 421 g/mol. The Kier molecular flexibility index (Phi) is 12.5. The summed E-state index contributed by atoms with van der Waals surface area (Å²) in [6.45, 7) is 8.70. The van der Waals surface area contributed by atoms with E-state index in [-0.39, 0.29) is 25.5 Å². The molecule has 29 heavy (non-hydrogen) atoms. The normalized spacial score (nSPS) is 15.6. The van der Waals surface area contributed by atoms with E-state index in [0.717, 1.165) is 11.4 Å². The average molecular weight is 456 g/mol. The number of carbonyl (C=O) groups is 3. The van der Waals surface area contributed by atoms with Crippen molar-refractivity contribution >= 4 is 36.1 Å². The molecule has 3 N–H and O–H groups in total. The molecule has 1 unspecified atom stereocenters. The summed E-state index contributed by atoms with van der Waals surface area (Å²) in [5.74, 6) is -0.890. The smallest absolute Gasteiger partial charge is 0.407 e. The molecule has 3 atom stereocenters. The van der Waals surface area contributed by atoms with Crippen molar-refractivity contribution in [2.24, 2.45) is 0 Å². The molecule has 0 fully saturated rings. The van der Waals surface area contributed by atoms with Crippen molar-refractivity contribution in [2.45, 2.75) is 66.2 Å². The van der Waals surface area contributed by atoms with Crippen LogP contribution >= 0.6 is 18.0 Å². The SMILES string of the molecule is CCOC(=O)[C@H](C)NP(=O)(N[C@H](C)C(=O)OCC)SCCNC(=O)OC(C)(C)C. The van der Waals surface area contributed by atoms with Gasteiger partial charge >= 0.3 is 18.0 Å². The highest BCUT2D eigenvalue weighted by Gasteiger charge is 2.32. The number of rotatable bonds is 12. The third-order valence-electron chi connectivity index (χ3n) is 3.05. The zero-order chi connectivity index (χ0) is 22.7. The van der Waals surface area contributed by atoms with Gasteiger partial charge in [0.1, 0.15) is 17.7 Å². The Bertz CT molecular complexity index is 568. The van der Waals surface area contributed by atoms with E-state index in [1.54, 1.807) is 34.6 Å². The van der Waals surface area contributed by atoms with Crippen molar-refractivity contribution in [3.8, 4) is 0 Å². The van der Waals surface area contributed by atoms with E-state index in [1.807, 2.05) is 0 Å². The minimum atomic E-state index is -3.46. The van der Waals surface area contributed by atoms with Crippen LogP contribution in [0.5, 0.6) is 0 Å². The lowest BCUT2D eigenvalue weighted by atomic mass is 10.2. The number of esters is 2. The Hall–Kier alpha value is -1.29. The lowest BCUT2D eigenvalue weighted by molar-refractivity contribution is -0.145. The second-order valence-electron chi connectivity index (χ2n) is 7.02. The maximum absolute atomic E-state index is 13.3. The Labute approximate surface area is 176 Å². The molecule has 0 aromatic heterocycles. The third kappa shape index (κ3) is 12.8. The second-order valence-corrected chi connectivity index (χ2v) is 11.6. The number of amides is 1. The van der Waals surface area contributed by atoms with Crippen molar-refractivity contribution in [1.29, 1.82) is 0 Å². The van der Waals surface area contributed by atoms with E-state index in [1.165, 1.54) is 13.8 Å². The van der Waals surface area contributed by atoms with Crippen LogP contribution in [0.2, 0.25) is 0 Å². The molecule has 10 nitrogen and oxygen atoms in total. The minimum Gasteiger partial charge on any atom is -0.465 e. The molecule has 0 saturated carbocycles. The summed E-state index contributed by atoms with van der Waals surface area (Å²) in [5, 5.41) is 7.99. The molecule has 12 heteroatoms. The maximum Gasteiger partial charge on any atom is 0.407 e. The number of hydrogen-bond acceptors (Lipinski definition) is 8. The Balaban J connectivity index is 4.94. The van der Waals surface area contributed by atoms with Gasteiger partial charge in [-0.3, -0.25) is 14.2 Å². The summed E-state index contributed by atoms with van der Waals surface area (Å²) in [6, 6.07) is -1.73. The van der Waals surface area contributed by atoms with Crippen molar-refractivity contribution in [2.75, 3.05) is 25.5 Å². The molecule has 0 heterocycles. The van der Waals surface area contributed by atoms with Crippen LogP contribution in [-0.2, 0) is 28.4 Å². The molecule has 0 aromatic rings. The van der Waals surface area contributed by atoms with Crippen LogP contribution in [0.1, 0.15) is 48.5 Å². The zero-order valence-corrected chi connectivity index (χ0v) is 19.9. The van der Waals surface area contributed by atoms with E-state index in [9.17, 15) is 18.9 Å². The van der Waals surface area contributed by atoms with E-state index < -0.39 is 42.4 Å². The summed E-state index contributed by atoms with van der Waals surface area (Å²) < 4.78 is 28.3. The third-order valence-corrected chi connectivity index (χ3v) is 7.53. The first-order chi connectivity index (χ1) is 13.3. The molecule has 0 saturated heterocycles. The van der Waals surface area contributed by atoms with Gasteiger partial charge in [-0.1, -0.05) is 11.4 Å². The molecule has 0 rings (SSSR count). The highest BCUT2D eigenvalue weighted by Crippen LogP contribution is 2.51. The molecule has 0 bridgehead atoms. The van der Waals surface area contributed by atoms with Gasteiger partial charge in [0.15, 0.2) is 0 Å². The predicted octanol–water partition coefficient (Wildman–Crippen LogP) is 2.43. The molecule has 0 spiro atoms. The molecule has 0 radical (unpaired) electrons. The van der Waals surface area contributed by atoms with Gasteiger partial charge < -0.3 is 19.5 Å². The fraction of sp³-hybridized carbons (Fsp3) is 0.824. The van der Waals surface area contributed by atoms with Crippen LogP contribution in [-0.4, -0.2) is 61.2 Å². The van der Waals surface area contributed by atoms with Crippen molar-refractivity contribution in [1.82, 2.24) is 15.5 Å². The van der Waals surface area contributed by atoms with E-state index >= 15 is 0 Å². The van der Waals surface area contributed by atoms with Crippen LogP contribution in [0, 0.1) is 0 Å².